The van der Waals surface area contributed by atoms with Crippen LogP contribution in [0.3, 0.4) is 0 Å². The number of fused-ring (bicyclic) bond motifs is 1. The molecule has 3 aromatic heterocycles. The molecule has 2 unspecified atom stereocenters. The first kappa shape index (κ1) is 35.5. The van der Waals surface area contributed by atoms with Gasteiger partial charge in [0.15, 0.2) is 5.65 Å². The Morgan fingerprint density at radius 2 is 1.80 bits per heavy atom. The predicted molar refractivity (Wildman–Crippen MR) is 188 cm³/mol. The predicted octanol–water partition coefficient (Wildman–Crippen LogP) is 5.73. The normalized spacial score (nSPS) is 17.0. The number of aromatic nitrogens is 5. The minimum atomic E-state index is -0.784. The van der Waals surface area contributed by atoms with Crippen LogP contribution in [-0.4, -0.2) is 83.0 Å². The number of piperidine rings is 1. The lowest BCUT2D eigenvalue weighted by Crippen LogP contribution is -2.55. The zero-order valence-electron chi connectivity index (χ0n) is 29.7. The van der Waals surface area contributed by atoms with Gasteiger partial charge in [0.2, 0.25) is 0 Å². The fraction of sp³-hybridized carbons (Fsp3) is 0.514. The van der Waals surface area contributed by atoms with Crippen LogP contribution >= 0.6 is 0 Å². The Kier molecular flexibility index (Phi) is 10.1. The third-order valence-corrected chi connectivity index (χ3v) is 8.03. The van der Waals surface area contributed by atoms with Crippen molar-refractivity contribution in [2.75, 3.05) is 29.0 Å². The number of rotatable bonds is 8. The minimum Gasteiger partial charge on any atom is -0.444 e. The van der Waals surface area contributed by atoms with Crippen molar-refractivity contribution in [1.29, 1.82) is 0 Å². The first-order valence-corrected chi connectivity index (χ1v) is 16.7. The lowest BCUT2D eigenvalue weighted by atomic mass is 9.99. The Morgan fingerprint density at radius 1 is 1.08 bits per heavy atom. The summed E-state index contributed by atoms with van der Waals surface area (Å²) in [5, 5.41) is 23.4. The molecule has 0 aliphatic carbocycles. The number of aliphatic hydroxyl groups excluding tert-OH is 1. The molecule has 0 saturated carbocycles. The van der Waals surface area contributed by atoms with Gasteiger partial charge in [0.1, 0.15) is 22.8 Å². The third-order valence-electron chi connectivity index (χ3n) is 8.03. The summed E-state index contributed by atoms with van der Waals surface area (Å²) in [6, 6.07) is 8.78. The molecule has 2 amide bonds. The van der Waals surface area contributed by atoms with E-state index in [1.807, 2.05) is 79.7 Å². The third kappa shape index (κ3) is 8.42. The van der Waals surface area contributed by atoms with E-state index in [4.69, 9.17) is 20.2 Å². The number of nitrogens with one attached hydrogen (secondary N) is 1. The van der Waals surface area contributed by atoms with E-state index >= 15 is 0 Å². The van der Waals surface area contributed by atoms with Crippen LogP contribution in [0.15, 0.2) is 48.9 Å². The number of benzene rings is 1. The van der Waals surface area contributed by atoms with E-state index in [0.29, 0.717) is 42.4 Å². The summed E-state index contributed by atoms with van der Waals surface area (Å²) >= 11 is 0. The summed E-state index contributed by atoms with van der Waals surface area (Å²) in [7, 11) is 0. The first-order valence-electron chi connectivity index (χ1n) is 16.7. The summed E-state index contributed by atoms with van der Waals surface area (Å²) in [5.74, 6) is 0.932. The van der Waals surface area contributed by atoms with E-state index in [9.17, 15) is 14.7 Å². The average Bonchev–Trinajstić information content (AvgIpc) is 3.63. The highest BCUT2D eigenvalue weighted by Crippen LogP contribution is 2.30. The van der Waals surface area contributed by atoms with Gasteiger partial charge >= 0.3 is 12.2 Å². The lowest BCUT2D eigenvalue weighted by molar-refractivity contribution is -0.0195. The van der Waals surface area contributed by atoms with Crippen molar-refractivity contribution in [3.63, 3.8) is 0 Å². The van der Waals surface area contributed by atoms with Crippen molar-refractivity contribution < 1.29 is 24.2 Å². The Morgan fingerprint density at radius 3 is 2.45 bits per heavy atom. The fourth-order valence-electron chi connectivity index (χ4n) is 5.76. The van der Waals surface area contributed by atoms with Gasteiger partial charge in [0.05, 0.1) is 48.7 Å². The number of amides is 2. The van der Waals surface area contributed by atoms with Crippen molar-refractivity contribution in [3.05, 3.63) is 60.0 Å². The summed E-state index contributed by atoms with van der Waals surface area (Å²) in [4.78, 5) is 35.2. The Balaban J connectivity index is 1.57. The molecular weight excluding hydrogens is 626 g/mol. The number of para-hydroxylation sites is 1. The van der Waals surface area contributed by atoms with Crippen molar-refractivity contribution in [2.45, 2.75) is 104 Å². The van der Waals surface area contributed by atoms with E-state index in [1.54, 1.807) is 38.8 Å². The zero-order chi connectivity index (χ0) is 35.7. The van der Waals surface area contributed by atoms with Crippen LogP contribution in [0.25, 0.3) is 11.3 Å². The number of nitrogens with two attached hydrogens (primary N) is 1. The summed E-state index contributed by atoms with van der Waals surface area (Å²) in [6.45, 7) is 15.8. The van der Waals surface area contributed by atoms with Crippen LogP contribution in [0.5, 0.6) is 0 Å². The number of carbonyl (C=O) groups excluding carboxylic acids is 2. The quantitative estimate of drug-likeness (QED) is 0.210. The second kappa shape index (κ2) is 13.9. The van der Waals surface area contributed by atoms with Gasteiger partial charge in [-0.15, -0.1) is 0 Å². The van der Waals surface area contributed by atoms with Crippen LogP contribution in [0, 0.1) is 0 Å². The largest absolute Gasteiger partial charge is 0.444 e. The van der Waals surface area contributed by atoms with Gasteiger partial charge in [0, 0.05) is 24.7 Å². The molecule has 5 rings (SSSR count). The molecule has 49 heavy (non-hydrogen) atoms. The first-order chi connectivity index (χ1) is 23.0. The second-order valence-electron chi connectivity index (χ2n) is 14.7. The van der Waals surface area contributed by atoms with Crippen molar-refractivity contribution in [2.24, 2.45) is 0 Å². The van der Waals surface area contributed by atoms with Crippen molar-refractivity contribution >= 4 is 35.2 Å². The molecular formula is C35H49N9O5. The van der Waals surface area contributed by atoms with Crippen molar-refractivity contribution in [3.8, 4) is 5.69 Å². The van der Waals surface area contributed by atoms with Crippen LogP contribution in [0.4, 0.5) is 26.9 Å². The number of hydrogen-bond donors (Lipinski definition) is 3. The smallest absolute Gasteiger partial charge is 0.416 e. The molecule has 1 fully saturated rings. The number of carbonyl (C=O) groups is 2. The average molecular weight is 676 g/mol. The number of ether oxygens (including phenoxy) is 2. The molecule has 1 saturated heterocycles. The molecule has 264 valence electrons. The molecule has 4 heterocycles. The highest BCUT2D eigenvalue weighted by Gasteiger charge is 2.36. The lowest BCUT2D eigenvalue weighted by Gasteiger charge is -2.39. The van der Waals surface area contributed by atoms with E-state index in [0.717, 1.165) is 16.8 Å². The number of likely N-dealkylation sites (tertiary alicyclic amines) is 1. The topological polar surface area (TPSA) is 165 Å². The number of aliphatic hydroxyl groups is 1. The fourth-order valence-corrected chi connectivity index (χ4v) is 5.76. The van der Waals surface area contributed by atoms with Gasteiger partial charge in [-0.05, 0) is 71.9 Å². The monoisotopic (exact) mass is 675 g/mol. The second-order valence-corrected chi connectivity index (χ2v) is 14.7. The molecule has 4 N–H and O–H groups in total. The maximum atomic E-state index is 14.1. The van der Waals surface area contributed by atoms with Gasteiger partial charge in [0.25, 0.3) is 0 Å². The maximum absolute atomic E-state index is 14.1. The highest BCUT2D eigenvalue weighted by molar-refractivity contribution is 5.88. The van der Waals surface area contributed by atoms with Gasteiger partial charge in [-0.2, -0.15) is 14.7 Å². The Bertz CT molecular complexity index is 1790. The molecule has 0 bridgehead atoms. The van der Waals surface area contributed by atoms with Crippen LogP contribution < -0.4 is 16.0 Å². The molecule has 14 heteroatoms. The van der Waals surface area contributed by atoms with E-state index in [1.165, 1.54) is 4.90 Å². The summed E-state index contributed by atoms with van der Waals surface area (Å²) in [5.41, 5.74) is 8.01. The van der Waals surface area contributed by atoms with E-state index in [-0.39, 0.29) is 19.0 Å². The van der Waals surface area contributed by atoms with Gasteiger partial charge in [-0.25, -0.2) is 19.3 Å². The number of anilines is 3. The van der Waals surface area contributed by atoms with Crippen LogP contribution in [-0.2, 0) is 16.0 Å². The molecule has 0 spiro atoms. The molecule has 2 atom stereocenters. The molecule has 0 radical (unpaired) electrons. The zero-order valence-corrected chi connectivity index (χ0v) is 29.7. The van der Waals surface area contributed by atoms with Gasteiger partial charge in [-0.3, -0.25) is 4.90 Å². The highest BCUT2D eigenvalue weighted by atomic mass is 16.6. The molecule has 14 nitrogen and oxygen atoms in total. The van der Waals surface area contributed by atoms with Crippen LogP contribution in [0.2, 0.25) is 0 Å². The number of nitrogen functional groups attached to an aromatic ring is 1. The summed E-state index contributed by atoms with van der Waals surface area (Å²) < 4.78 is 14.9. The number of nitrogens with zero attached hydrogens (tertiary/aromatic N) is 7. The van der Waals surface area contributed by atoms with Gasteiger partial charge < -0.3 is 30.5 Å². The number of hydrogen-bond acceptors (Lipinski definition) is 10. The minimum absolute atomic E-state index is 0.0805. The van der Waals surface area contributed by atoms with Crippen molar-refractivity contribution in [1.82, 2.24) is 29.3 Å². The maximum Gasteiger partial charge on any atom is 0.416 e. The Labute approximate surface area is 287 Å². The molecule has 1 aliphatic rings. The molecule has 1 aliphatic heterocycles. The van der Waals surface area contributed by atoms with E-state index < -0.39 is 35.5 Å². The van der Waals surface area contributed by atoms with E-state index in [2.05, 4.69) is 15.5 Å². The standard InChI is InChI=1S/C35H49N9O5/c1-22(2)25-18-39-44-30(16-29(40-31(25)44)37-19-27-28(45)14-11-15-41(27)32(46)48-34(3,4)5)42(33(47)49-35(6,7)8)20-23-12-9-10-13-26(23)43-21-24(36)17-38-43/h9-10,12-13,16-18,21-22,27-28,45H,11,14-15,19-20,36H2,1-8H3,(H,37,40). The van der Waals surface area contributed by atoms with Gasteiger partial charge in [-0.1, -0.05) is 32.0 Å². The molecule has 1 aromatic carbocycles. The van der Waals surface area contributed by atoms with Crippen LogP contribution in [0.1, 0.15) is 85.3 Å². The Hall–Kier alpha value is -4.85. The summed E-state index contributed by atoms with van der Waals surface area (Å²) in [6.07, 6.45) is 4.43. The molecule has 4 aromatic rings. The SMILES string of the molecule is CC(C)c1cnn2c(N(Cc3ccccc3-n3cc(N)cn3)C(=O)OC(C)(C)C)cc(NCC3C(O)CCCN3C(=O)OC(C)(C)C)nc12.